The summed E-state index contributed by atoms with van der Waals surface area (Å²) in [4.78, 5) is 0. The minimum Gasteiger partial charge on any atom is -0.316 e. The first-order chi connectivity index (χ1) is 4.34. The maximum Gasteiger partial charge on any atom is 0.190 e. The second kappa shape index (κ2) is 2.79. The first kappa shape index (κ1) is 6.50. The normalized spacial score (nSPS) is 29.6. The van der Waals surface area contributed by atoms with Gasteiger partial charge in [0.1, 0.15) is 6.07 Å². The van der Waals surface area contributed by atoms with E-state index in [1.165, 1.54) is 0 Å². The van der Waals surface area contributed by atoms with Gasteiger partial charge in [-0.1, -0.05) is 0 Å². The Labute approximate surface area is 53.7 Å². The van der Waals surface area contributed by atoms with Crippen LogP contribution in [0.25, 0.3) is 0 Å². The summed E-state index contributed by atoms with van der Waals surface area (Å²) in [5.74, 6) is -0.0602. The Kier molecular flexibility index (Phi) is 2.01. The van der Waals surface area contributed by atoms with Gasteiger partial charge >= 0.3 is 0 Å². The van der Waals surface area contributed by atoms with Crippen LogP contribution in [0.5, 0.6) is 0 Å². The largest absolute Gasteiger partial charge is 0.316 e. The number of nitrogens with one attached hydrogen (secondary N) is 1. The molecule has 0 saturated carbocycles. The second-order valence-electron chi connectivity index (χ2n) is 2.28. The Balaban J connectivity index is 2.34. The van der Waals surface area contributed by atoms with E-state index in [9.17, 15) is 4.39 Å². The monoisotopic (exact) mass is 128 g/mol. The molecule has 2 unspecified atom stereocenters. The third kappa shape index (κ3) is 1.39. The number of hydrogen-bond acceptors (Lipinski definition) is 2. The van der Waals surface area contributed by atoms with Crippen molar-refractivity contribution in [3.05, 3.63) is 0 Å². The average Bonchev–Trinajstić information content (AvgIpc) is 2.37. The molecular formula is C6H9FN2. The first-order valence-electron chi connectivity index (χ1n) is 3.09. The van der Waals surface area contributed by atoms with Crippen molar-refractivity contribution >= 4 is 0 Å². The minimum absolute atomic E-state index is 0.0602. The molecule has 0 aliphatic carbocycles. The summed E-state index contributed by atoms with van der Waals surface area (Å²) in [7, 11) is 0. The molecule has 0 aromatic heterocycles. The van der Waals surface area contributed by atoms with Gasteiger partial charge in [-0.2, -0.15) is 5.26 Å². The lowest BCUT2D eigenvalue weighted by atomic mass is 10.0. The molecule has 9 heavy (non-hydrogen) atoms. The average molecular weight is 128 g/mol. The van der Waals surface area contributed by atoms with E-state index in [4.69, 9.17) is 5.26 Å². The van der Waals surface area contributed by atoms with Gasteiger partial charge in [0.15, 0.2) is 6.17 Å². The van der Waals surface area contributed by atoms with Crippen LogP contribution in [0, 0.1) is 17.2 Å². The molecule has 3 heteroatoms. The van der Waals surface area contributed by atoms with Crippen LogP contribution in [0.2, 0.25) is 0 Å². The van der Waals surface area contributed by atoms with Crippen LogP contribution >= 0.6 is 0 Å². The fraction of sp³-hybridized carbons (Fsp3) is 0.833. The lowest BCUT2D eigenvalue weighted by Crippen LogP contribution is -2.17. The lowest BCUT2D eigenvalue weighted by Gasteiger charge is -2.04. The van der Waals surface area contributed by atoms with Crippen molar-refractivity contribution in [2.75, 3.05) is 13.1 Å². The van der Waals surface area contributed by atoms with Crippen LogP contribution in [0.4, 0.5) is 4.39 Å². The highest BCUT2D eigenvalue weighted by molar-refractivity contribution is 4.91. The third-order valence-corrected chi connectivity index (χ3v) is 1.64. The zero-order valence-corrected chi connectivity index (χ0v) is 5.10. The summed E-state index contributed by atoms with van der Waals surface area (Å²) in [6, 6.07) is 1.60. The van der Waals surface area contributed by atoms with Crippen LogP contribution in [0.15, 0.2) is 0 Å². The predicted octanol–water partition coefficient (Wildman–Crippen LogP) is 0.458. The maximum absolute atomic E-state index is 12.4. The summed E-state index contributed by atoms with van der Waals surface area (Å²) < 4.78 is 12.4. The van der Waals surface area contributed by atoms with Gasteiger partial charge in [0.2, 0.25) is 0 Å². The first-order valence-corrected chi connectivity index (χ1v) is 3.09. The Morgan fingerprint density at radius 1 is 1.78 bits per heavy atom. The van der Waals surface area contributed by atoms with E-state index in [0.717, 1.165) is 13.0 Å². The van der Waals surface area contributed by atoms with E-state index in [0.29, 0.717) is 6.54 Å². The Hall–Kier alpha value is -0.620. The van der Waals surface area contributed by atoms with Gasteiger partial charge in [0.05, 0.1) is 0 Å². The molecule has 0 spiro atoms. The number of nitrogens with zero attached hydrogens (tertiary/aromatic N) is 1. The smallest absolute Gasteiger partial charge is 0.190 e. The summed E-state index contributed by atoms with van der Waals surface area (Å²) >= 11 is 0. The molecule has 50 valence electrons. The highest BCUT2D eigenvalue weighted by Crippen LogP contribution is 2.14. The van der Waals surface area contributed by atoms with E-state index in [1.807, 2.05) is 0 Å². The molecule has 2 nitrogen and oxygen atoms in total. The SMILES string of the molecule is N#CC(F)C1CCNC1. The zero-order chi connectivity index (χ0) is 6.69. The third-order valence-electron chi connectivity index (χ3n) is 1.64. The van der Waals surface area contributed by atoms with E-state index in [1.54, 1.807) is 6.07 Å². The van der Waals surface area contributed by atoms with Crippen LogP contribution in [0.1, 0.15) is 6.42 Å². The molecule has 1 fully saturated rings. The number of hydrogen-bond donors (Lipinski definition) is 1. The van der Waals surface area contributed by atoms with Gasteiger partial charge < -0.3 is 5.32 Å². The van der Waals surface area contributed by atoms with Gasteiger partial charge in [-0.3, -0.25) is 0 Å². The van der Waals surface area contributed by atoms with Gasteiger partial charge in [0, 0.05) is 12.5 Å². The molecule has 1 heterocycles. The Morgan fingerprint density at radius 3 is 3.00 bits per heavy atom. The summed E-state index contributed by atoms with van der Waals surface area (Å²) in [5.41, 5.74) is 0. The standard InChI is InChI=1S/C6H9FN2/c7-6(3-8)5-1-2-9-4-5/h5-6,9H,1-2,4H2. The number of halogens is 1. The van der Waals surface area contributed by atoms with Gasteiger partial charge in [-0.25, -0.2) is 4.39 Å². The van der Waals surface area contributed by atoms with Crippen molar-refractivity contribution in [3.63, 3.8) is 0 Å². The lowest BCUT2D eigenvalue weighted by molar-refractivity contribution is 0.304. The molecule has 0 amide bonds. The van der Waals surface area contributed by atoms with E-state index in [-0.39, 0.29) is 5.92 Å². The number of alkyl halides is 1. The van der Waals surface area contributed by atoms with Gasteiger partial charge in [0.25, 0.3) is 0 Å². The summed E-state index contributed by atoms with van der Waals surface area (Å²) in [6.07, 6.45) is -0.464. The number of rotatable bonds is 1. The van der Waals surface area contributed by atoms with Gasteiger partial charge in [-0.15, -0.1) is 0 Å². The summed E-state index contributed by atoms with van der Waals surface area (Å²) in [5, 5.41) is 11.1. The molecule has 2 atom stereocenters. The topological polar surface area (TPSA) is 35.8 Å². The second-order valence-corrected chi connectivity index (χ2v) is 2.28. The van der Waals surface area contributed by atoms with Gasteiger partial charge in [-0.05, 0) is 13.0 Å². The quantitative estimate of drug-likeness (QED) is 0.556. The van der Waals surface area contributed by atoms with Crippen molar-refractivity contribution in [1.82, 2.24) is 5.32 Å². The number of nitriles is 1. The summed E-state index contributed by atoms with van der Waals surface area (Å²) in [6.45, 7) is 1.52. The van der Waals surface area contributed by atoms with E-state index < -0.39 is 6.17 Å². The van der Waals surface area contributed by atoms with E-state index in [2.05, 4.69) is 5.32 Å². The minimum atomic E-state index is -1.26. The fourth-order valence-electron chi connectivity index (χ4n) is 1.03. The molecule has 0 radical (unpaired) electrons. The molecule has 1 aliphatic rings. The molecule has 0 aromatic rings. The Morgan fingerprint density at radius 2 is 2.56 bits per heavy atom. The highest BCUT2D eigenvalue weighted by Gasteiger charge is 2.23. The Bertz CT molecular complexity index is 124. The molecule has 0 aromatic carbocycles. The van der Waals surface area contributed by atoms with Crippen molar-refractivity contribution in [3.8, 4) is 6.07 Å². The van der Waals surface area contributed by atoms with E-state index >= 15 is 0 Å². The van der Waals surface area contributed by atoms with Crippen molar-refractivity contribution in [2.45, 2.75) is 12.6 Å². The molecule has 1 aliphatic heterocycles. The van der Waals surface area contributed by atoms with Crippen LogP contribution in [0.3, 0.4) is 0 Å². The predicted molar refractivity (Wildman–Crippen MR) is 31.5 cm³/mol. The highest BCUT2D eigenvalue weighted by atomic mass is 19.1. The maximum atomic E-state index is 12.4. The fourth-order valence-corrected chi connectivity index (χ4v) is 1.03. The zero-order valence-electron chi connectivity index (χ0n) is 5.10. The van der Waals surface area contributed by atoms with Crippen LogP contribution < -0.4 is 5.32 Å². The molecular weight excluding hydrogens is 119 g/mol. The van der Waals surface area contributed by atoms with Crippen LogP contribution in [-0.4, -0.2) is 19.3 Å². The molecule has 1 rings (SSSR count). The van der Waals surface area contributed by atoms with Crippen molar-refractivity contribution in [2.24, 2.45) is 5.92 Å². The molecule has 0 bridgehead atoms. The molecule has 1 saturated heterocycles. The van der Waals surface area contributed by atoms with Crippen LogP contribution in [-0.2, 0) is 0 Å². The van der Waals surface area contributed by atoms with Crippen molar-refractivity contribution < 1.29 is 4.39 Å². The van der Waals surface area contributed by atoms with Crippen molar-refractivity contribution in [1.29, 1.82) is 5.26 Å². The molecule has 1 N–H and O–H groups in total.